The fraction of sp³-hybridized carbons (Fsp3) is 0.182. The molecular formula is C22H17F3N4O5. The number of hydrogen-bond acceptors (Lipinski definition) is 7. The van der Waals surface area contributed by atoms with Crippen LogP contribution in [0.4, 0.5) is 13.2 Å². The largest absolute Gasteiger partial charge is 0.461 e. The van der Waals surface area contributed by atoms with Crippen molar-refractivity contribution in [1.82, 2.24) is 19.5 Å². The third-order valence-corrected chi connectivity index (χ3v) is 4.84. The first-order valence-electron chi connectivity index (χ1n) is 9.98. The van der Waals surface area contributed by atoms with Crippen molar-refractivity contribution in [2.45, 2.75) is 20.4 Å². The summed E-state index contributed by atoms with van der Waals surface area (Å²) in [6.07, 6.45) is 1.09. The van der Waals surface area contributed by atoms with Gasteiger partial charge in [0.05, 0.1) is 24.4 Å². The highest BCUT2D eigenvalue weighted by Gasteiger charge is 2.22. The van der Waals surface area contributed by atoms with Crippen molar-refractivity contribution < 1.29 is 32.0 Å². The van der Waals surface area contributed by atoms with Crippen LogP contribution in [0.5, 0.6) is 11.7 Å². The summed E-state index contributed by atoms with van der Waals surface area (Å²) < 4.78 is 59.5. The second-order valence-electron chi connectivity index (χ2n) is 7.03. The molecule has 0 amide bonds. The molecule has 0 N–H and O–H groups in total. The number of aromatic nitrogens is 4. The average molecular weight is 474 g/mol. The molecule has 4 aromatic rings. The molecule has 176 valence electrons. The minimum atomic E-state index is -0.868. The van der Waals surface area contributed by atoms with E-state index in [1.54, 1.807) is 6.92 Å². The highest BCUT2D eigenvalue weighted by atomic mass is 19.1. The maximum Gasteiger partial charge on any atom is 0.360 e. The van der Waals surface area contributed by atoms with Crippen molar-refractivity contribution in [2.75, 3.05) is 6.61 Å². The van der Waals surface area contributed by atoms with Gasteiger partial charge in [-0.15, -0.1) is 0 Å². The number of nitrogens with zero attached hydrogens (tertiary/aromatic N) is 4. The number of rotatable bonds is 7. The van der Waals surface area contributed by atoms with Gasteiger partial charge >= 0.3 is 17.6 Å². The van der Waals surface area contributed by atoms with Gasteiger partial charge in [0.2, 0.25) is 0 Å². The predicted octanol–water partition coefficient (Wildman–Crippen LogP) is 3.77. The van der Waals surface area contributed by atoms with Crippen LogP contribution < -0.4 is 10.4 Å². The van der Waals surface area contributed by atoms with E-state index in [1.807, 2.05) is 0 Å². The molecule has 0 aliphatic rings. The van der Waals surface area contributed by atoms with E-state index in [9.17, 15) is 22.8 Å². The van der Waals surface area contributed by atoms with Gasteiger partial charge in [-0.25, -0.2) is 22.8 Å². The highest BCUT2D eigenvalue weighted by molar-refractivity contribution is 5.89. The number of hydrogen-bond donors (Lipinski definition) is 0. The van der Waals surface area contributed by atoms with Crippen LogP contribution in [-0.2, 0) is 11.3 Å². The topological polar surface area (TPSA) is 101 Å². The Morgan fingerprint density at radius 3 is 2.53 bits per heavy atom. The van der Waals surface area contributed by atoms with Crippen LogP contribution in [0.15, 0.2) is 52.0 Å². The lowest BCUT2D eigenvalue weighted by molar-refractivity contribution is 0.0513. The summed E-state index contributed by atoms with van der Waals surface area (Å²) in [6.45, 7) is 2.87. The summed E-state index contributed by atoms with van der Waals surface area (Å²) in [7, 11) is 0. The van der Waals surface area contributed by atoms with E-state index in [2.05, 4.69) is 10.3 Å². The fourth-order valence-corrected chi connectivity index (χ4v) is 3.08. The summed E-state index contributed by atoms with van der Waals surface area (Å²) in [5, 5.41) is 7.46. The normalized spacial score (nSPS) is 11.0. The lowest BCUT2D eigenvalue weighted by Gasteiger charge is -2.07. The minimum absolute atomic E-state index is 0.0455. The van der Waals surface area contributed by atoms with Gasteiger partial charge in [-0.2, -0.15) is 9.78 Å². The van der Waals surface area contributed by atoms with Gasteiger partial charge in [0.15, 0.2) is 17.3 Å². The molecule has 0 spiro atoms. The zero-order valence-electron chi connectivity index (χ0n) is 17.9. The minimum Gasteiger partial charge on any atom is -0.461 e. The monoisotopic (exact) mass is 474 g/mol. The summed E-state index contributed by atoms with van der Waals surface area (Å²) in [4.78, 5) is 24.5. The first-order valence-corrected chi connectivity index (χ1v) is 9.98. The molecule has 0 bridgehead atoms. The lowest BCUT2D eigenvalue weighted by Crippen LogP contribution is -2.24. The Bertz CT molecular complexity index is 1410. The van der Waals surface area contributed by atoms with Crippen molar-refractivity contribution in [3.05, 3.63) is 87.5 Å². The molecule has 0 saturated carbocycles. The van der Waals surface area contributed by atoms with Crippen LogP contribution in [0.3, 0.4) is 0 Å². The Labute approximate surface area is 189 Å². The van der Waals surface area contributed by atoms with E-state index in [-0.39, 0.29) is 40.8 Å². The molecular weight excluding hydrogens is 457 g/mol. The number of carbonyl (C=O) groups excluding carboxylic acids is 1. The number of benzene rings is 2. The Morgan fingerprint density at radius 1 is 1.12 bits per heavy atom. The molecule has 0 radical (unpaired) electrons. The van der Waals surface area contributed by atoms with Gasteiger partial charge in [-0.05, 0) is 38.1 Å². The lowest BCUT2D eigenvalue weighted by atomic mass is 10.2. The Balaban J connectivity index is 1.57. The highest BCUT2D eigenvalue weighted by Crippen LogP contribution is 2.30. The van der Waals surface area contributed by atoms with E-state index in [4.69, 9.17) is 14.0 Å². The molecule has 0 saturated heterocycles. The quantitative estimate of drug-likeness (QED) is 0.376. The molecule has 2 aromatic heterocycles. The Kier molecular flexibility index (Phi) is 6.21. The van der Waals surface area contributed by atoms with Crippen molar-refractivity contribution in [2.24, 2.45) is 0 Å². The average Bonchev–Trinajstić information content (AvgIpc) is 3.35. The van der Waals surface area contributed by atoms with Crippen molar-refractivity contribution in [1.29, 1.82) is 0 Å². The maximum atomic E-state index is 14.7. The van der Waals surface area contributed by atoms with Gasteiger partial charge in [0, 0.05) is 11.6 Å². The Hall–Kier alpha value is -4.35. The van der Waals surface area contributed by atoms with Crippen LogP contribution >= 0.6 is 0 Å². The van der Waals surface area contributed by atoms with Crippen molar-refractivity contribution >= 4 is 5.97 Å². The van der Waals surface area contributed by atoms with Gasteiger partial charge < -0.3 is 14.0 Å². The molecule has 0 unspecified atom stereocenters. The zero-order valence-corrected chi connectivity index (χ0v) is 17.9. The second kappa shape index (κ2) is 9.25. The molecule has 12 heteroatoms. The number of esters is 1. The molecule has 4 rings (SSSR count). The standard InChI is InChI=1S/C22H17F3N4O5/c1-3-32-20(30)19-12(2)21(34-27-19)33-18-8-7-13(9-17(18)25)29-22(31)28(11-26-29)10-14-15(23)5-4-6-16(14)24/h4-9,11H,3,10H2,1-2H3. The molecule has 0 atom stereocenters. The third kappa shape index (κ3) is 4.29. The van der Waals surface area contributed by atoms with Gasteiger partial charge in [0.25, 0.3) is 0 Å². The molecule has 9 nitrogen and oxygen atoms in total. The molecule has 2 aromatic carbocycles. The van der Waals surface area contributed by atoms with Gasteiger partial charge in [-0.3, -0.25) is 4.57 Å². The first-order chi connectivity index (χ1) is 16.3. The van der Waals surface area contributed by atoms with E-state index in [0.29, 0.717) is 0 Å². The van der Waals surface area contributed by atoms with E-state index in [0.717, 1.165) is 33.8 Å². The number of ether oxygens (including phenoxy) is 2. The SMILES string of the molecule is CCOC(=O)c1noc(Oc2ccc(-n3ncn(Cc4c(F)cccc4F)c3=O)cc2F)c1C. The van der Waals surface area contributed by atoms with E-state index >= 15 is 0 Å². The van der Waals surface area contributed by atoms with Crippen LogP contribution in [-0.4, -0.2) is 32.1 Å². The third-order valence-electron chi connectivity index (χ3n) is 4.84. The fourth-order valence-electron chi connectivity index (χ4n) is 3.08. The smallest absolute Gasteiger partial charge is 0.360 e. The van der Waals surface area contributed by atoms with E-state index in [1.165, 1.54) is 25.1 Å². The van der Waals surface area contributed by atoms with Gasteiger partial charge in [-0.1, -0.05) is 11.2 Å². The van der Waals surface area contributed by atoms with Crippen LogP contribution in [0.25, 0.3) is 5.69 Å². The summed E-state index contributed by atoms with van der Waals surface area (Å²) in [5.41, 5.74) is -0.872. The van der Waals surface area contributed by atoms with Crippen LogP contribution in [0.1, 0.15) is 28.5 Å². The van der Waals surface area contributed by atoms with Crippen molar-refractivity contribution in [3.63, 3.8) is 0 Å². The number of carbonyl (C=O) groups is 1. The van der Waals surface area contributed by atoms with Crippen LogP contribution in [0.2, 0.25) is 0 Å². The van der Waals surface area contributed by atoms with Crippen LogP contribution in [0, 0.1) is 24.4 Å². The van der Waals surface area contributed by atoms with Crippen molar-refractivity contribution in [3.8, 4) is 17.4 Å². The molecule has 0 fully saturated rings. The number of halogens is 3. The summed E-state index contributed by atoms with van der Waals surface area (Å²) >= 11 is 0. The molecule has 0 aliphatic carbocycles. The van der Waals surface area contributed by atoms with Gasteiger partial charge in [0.1, 0.15) is 18.0 Å². The first kappa shape index (κ1) is 22.8. The molecule has 2 heterocycles. The molecule has 0 aliphatic heterocycles. The molecule has 34 heavy (non-hydrogen) atoms. The summed E-state index contributed by atoms with van der Waals surface area (Å²) in [5.74, 6) is -3.66. The summed E-state index contributed by atoms with van der Waals surface area (Å²) in [6, 6.07) is 6.92. The maximum absolute atomic E-state index is 14.7. The Morgan fingerprint density at radius 2 is 1.85 bits per heavy atom. The zero-order chi connectivity index (χ0) is 24.4. The second-order valence-corrected chi connectivity index (χ2v) is 7.03. The predicted molar refractivity (Wildman–Crippen MR) is 111 cm³/mol. The van der Waals surface area contributed by atoms with E-state index < -0.39 is 35.7 Å².